The first kappa shape index (κ1) is 11.6. The Morgan fingerprint density at radius 1 is 1.20 bits per heavy atom. The molecule has 1 aromatic carbocycles. The van der Waals surface area contributed by atoms with E-state index in [0.717, 1.165) is 18.6 Å². The lowest BCUT2D eigenvalue weighted by molar-refractivity contribution is 0.303. The summed E-state index contributed by atoms with van der Waals surface area (Å²) in [6, 6.07) is 8.27. The summed E-state index contributed by atoms with van der Waals surface area (Å²) < 4.78 is 5.70. The molecule has 1 aromatic rings. The Labute approximate surface area is 91.5 Å². The first-order chi connectivity index (χ1) is 7.25. The van der Waals surface area contributed by atoms with Crippen molar-refractivity contribution in [2.45, 2.75) is 33.1 Å². The van der Waals surface area contributed by atoms with Crippen LogP contribution in [-0.4, -0.2) is 6.61 Å². The van der Waals surface area contributed by atoms with Crippen molar-refractivity contribution < 1.29 is 4.74 Å². The number of rotatable bonds is 5. The van der Waals surface area contributed by atoms with E-state index in [1.165, 1.54) is 11.1 Å². The van der Waals surface area contributed by atoms with Gasteiger partial charge in [-0.2, -0.15) is 5.26 Å². The van der Waals surface area contributed by atoms with Crippen molar-refractivity contribution >= 4 is 0 Å². The van der Waals surface area contributed by atoms with Crippen molar-refractivity contribution in [3.63, 3.8) is 0 Å². The summed E-state index contributed by atoms with van der Waals surface area (Å²) in [5.74, 6) is 0.995. The standard InChI is InChI=1S/C13H17NO/c1-11-7-6-8-12(2)13(11)15-10-5-3-4-9-14/h6-8H,3-5,10H2,1-2H3. The van der Waals surface area contributed by atoms with E-state index >= 15 is 0 Å². The molecule has 0 saturated carbocycles. The Hall–Kier alpha value is -1.49. The minimum absolute atomic E-state index is 0.621. The molecular weight excluding hydrogens is 186 g/mol. The summed E-state index contributed by atoms with van der Waals surface area (Å²) in [5, 5.41) is 8.38. The third-order valence-corrected chi connectivity index (χ3v) is 2.34. The van der Waals surface area contributed by atoms with Crippen LogP contribution in [-0.2, 0) is 0 Å². The second-order valence-electron chi connectivity index (χ2n) is 3.68. The number of para-hydroxylation sites is 1. The Morgan fingerprint density at radius 2 is 1.87 bits per heavy atom. The number of aryl methyl sites for hydroxylation is 2. The van der Waals surface area contributed by atoms with Crippen LogP contribution in [0.15, 0.2) is 18.2 Å². The van der Waals surface area contributed by atoms with E-state index in [4.69, 9.17) is 10.00 Å². The van der Waals surface area contributed by atoms with Crippen molar-refractivity contribution in [3.05, 3.63) is 29.3 Å². The minimum Gasteiger partial charge on any atom is -0.493 e. The predicted octanol–water partition coefficient (Wildman–Crippen LogP) is 3.38. The summed E-state index contributed by atoms with van der Waals surface area (Å²) in [6.45, 7) is 4.81. The topological polar surface area (TPSA) is 33.0 Å². The van der Waals surface area contributed by atoms with Crippen LogP contribution in [0.1, 0.15) is 30.4 Å². The Bertz CT molecular complexity index is 332. The number of benzene rings is 1. The maximum atomic E-state index is 8.38. The average molecular weight is 203 g/mol. The Kier molecular flexibility index (Phi) is 4.70. The van der Waals surface area contributed by atoms with Gasteiger partial charge in [0.1, 0.15) is 5.75 Å². The van der Waals surface area contributed by atoms with Gasteiger partial charge in [0, 0.05) is 6.42 Å². The normalized spacial score (nSPS) is 9.67. The summed E-state index contributed by atoms with van der Waals surface area (Å²) in [7, 11) is 0. The molecule has 0 atom stereocenters. The van der Waals surface area contributed by atoms with Crippen LogP contribution < -0.4 is 4.74 Å². The highest BCUT2D eigenvalue weighted by Crippen LogP contribution is 2.22. The van der Waals surface area contributed by atoms with Crippen molar-refractivity contribution in [3.8, 4) is 11.8 Å². The van der Waals surface area contributed by atoms with E-state index in [-0.39, 0.29) is 0 Å². The monoisotopic (exact) mass is 203 g/mol. The van der Waals surface area contributed by atoms with Crippen LogP contribution in [0.25, 0.3) is 0 Å². The highest BCUT2D eigenvalue weighted by atomic mass is 16.5. The van der Waals surface area contributed by atoms with Gasteiger partial charge in [-0.1, -0.05) is 18.2 Å². The zero-order chi connectivity index (χ0) is 11.1. The molecule has 0 fully saturated rings. The van der Waals surface area contributed by atoms with Crippen LogP contribution >= 0.6 is 0 Å². The highest BCUT2D eigenvalue weighted by molar-refractivity contribution is 5.39. The van der Waals surface area contributed by atoms with E-state index in [1.54, 1.807) is 0 Å². The Balaban J connectivity index is 2.41. The summed E-state index contributed by atoms with van der Waals surface area (Å²) in [5.41, 5.74) is 2.35. The fourth-order valence-electron chi connectivity index (χ4n) is 1.51. The summed E-state index contributed by atoms with van der Waals surface area (Å²) in [4.78, 5) is 0. The molecule has 0 spiro atoms. The van der Waals surface area contributed by atoms with Crippen LogP contribution in [0, 0.1) is 25.2 Å². The number of ether oxygens (including phenoxy) is 1. The molecule has 0 bridgehead atoms. The molecule has 0 aromatic heterocycles. The third kappa shape index (κ3) is 3.63. The lowest BCUT2D eigenvalue weighted by Crippen LogP contribution is -2.00. The van der Waals surface area contributed by atoms with Gasteiger partial charge < -0.3 is 4.74 Å². The second-order valence-corrected chi connectivity index (χ2v) is 3.68. The van der Waals surface area contributed by atoms with Gasteiger partial charge in [0.05, 0.1) is 12.7 Å². The van der Waals surface area contributed by atoms with E-state index in [1.807, 2.05) is 6.07 Å². The molecular formula is C13H17NO. The molecule has 15 heavy (non-hydrogen) atoms. The minimum atomic E-state index is 0.621. The van der Waals surface area contributed by atoms with Gasteiger partial charge in [-0.15, -0.1) is 0 Å². The van der Waals surface area contributed by atoms with Crippen molar-refractivity contribution in [1.29, 1.82) is 5.26 Å². The quantitative estimate of drug-likeness (QED) is 0.687. The summed E-state index contributed by atoms with van der Waals surface area (Å²) >= 11 is 0. The molecule has 0 radical (unpaired) electrons. The zero-order valence-corrected chi connectivity index (χ0v) is 9.42. The average Bonchev–Trinajstić information content (AvgIpc) is 2.21. The van der Waals surface area contributed by atoms with E-state index in [2.05, 4.69) is 32.0 Å². The third-order valence-electron chi connectivity index (χ3n) is 2.34. The molecule has 0 N–H and O–H groups in total. The highest BCUT2D eigenvalue weighted by Gasteiger charge is 2.01. The maximum Gasteiger partial charge on any atom is 0.125 e. The van der Waals surface area contributed by atoms with Gasteiger partial charge >= 0.3 is 0 Å². The largest absolute Gasteiger partial charge is 0.493 e. The second kappa shape index (κ2) is 6.08. The zero-order valence-electron chi connectivity index (χ0n) is 9.42. The molecule has 1 rings (SSSR count). The van der Waals surface area contributed by atoms with Crippen molar-refractivity contribution in [2.75, 3.05) is 6.61 Å². The van der Waals surface area contributed by atoms with E-state index in [9.17, 15) is 0 Å². The van der Waals surface area contributed by atoms with Crippen LogP contribution in [0.4, 0.5) is 0 Å². The van der Waals surface area contributed by atoms with Gasteiger partial charge in [-0.25, -0.2) is 0 Å². The SMILES string of the molecule is Cc1cccc(C)c1OCCCCC#N. The van der Waals surface area contributed by atoms with Crippen LogP contribution in [0.2, 0.25) is 0 Å². The number of hydrogen-bond acceptors (Lipinski definition) is 2. The molecule has 2 nitrogen and oxygen atoms in total. The lowest BCUT2D eigenvalue weighted by Gasteiger charge is -2.11. The van der Waals surface area contributed by atoms with Gasteiger partial charge in [-0.05, 0) is 37.8 Å². The molecule has 0 aliphatic heterocycles. The fraction of sp³-hybridized carbons (Fsp3) is 0.462. The van der Waals surface area contributed by atoms with Crippen molar-refractivity contribution in [1.82, 2.24) is 0 Å². The van der Waals surface area contributed by atoms with E-state index in [0.29, 0.717) is 13.0 Å². The van der Waals surface area contributed by atoms with Gasteiger partial charge in [0.2, 0.25) is 0 Å². The molecule has 2 heteroatoms. The smallest absolute Gasteiger partial charge is 0.125 e. The molecule has 0 amide bonds. The number of unbranched alkanes of at least 4 members (excludes halogenated alkanes) is 2. The molecule has 80 valence electrons. The first-order valence-corrected chi connectivity index (χ1v) is 5.31. The van der Waals surface area contributed by atoms with E-state index < -0.39 is 0 Å². The fourth-order valence-corrected chi connectivity index (χ4v) is 1.51. The molecule has 0 heterocycles. The molecule has 0 saturated heterocycles. The number of hydrogen-bond donors (Lipinski definition) is 0. The van der Waals surface area contributed by atoms with Gasteiger partial charge in [-0.3, -0.25) is 0 Å². The first-order valence-electron chi connectivity index (χ1n) is 5.31. The van der Waals surface area contributed by atoms with Crippen LogP contribution in [0.5, 0.6) is 5.75 Å². The predicted molar refractivity (Wildman–Crippen MR) is 60.9 cm³/mol. The van der Waals surface area contributed by atoms with Crippen molar-refractivity contribution in [2.24, 2.45) is 0 Å². The Morgan fingerprint density at radius 3 is 2.47 bits per heavy atom. The summed E-state index contributed by atoms with van der Waals surface area (Å²) in [6.07, 6.45) is 2.48. The lowest BCUT2D eigenvalue weighted by atomic mass is 10.1. The maximum absolute atomic E-state index is 8.38. The number of nitriles is 1. The molecule has 0 aliphatic rings. The van der Waals surface area contributed by atoms with Crippen LogP contribution in [0.3, 0.4) is 0 Å². The molecule has 0 aliphatic carbocycles. The molecule has 0 unspecified atom stereocenters. The van der Waals surface area contributed by atoms with Gasteiger partial charge in [0.25, 0.3) is 0 Å². The number of nitrogens with zero attached hydrogens (tertiary/aromatic N) is 1. The van der Waals surface area contributed by atoms with Gasteiger partial charge in [0.15, 0.2) is 0 Å².